The van der Waals surface area contributed by atoms with E-state index in [0.717, 1.165) is 0 Å². The molecule has 0 atom stereocenters. The van der Waals surface area contributed by atoms with Crippen molar-refractivity contribution in [2.24, 2.45) is 0 Å². The second-order valence-electron chi connectivity index (χ2n) is 4.77. The monoisotopic (exact) mass is 309 g/mol. The Bertz CT molecular complexity index is 850. The molecule has 0 spiro atoms. The lowest BCUT2D eigenvalue weighted by molar-refractivity contribution is 0.102. The van der Waals surface area contributed by atoms with Crippen LogP contribution < -0.4 is 14.8 Å². The van der Waals surface area contributed by atoms with Crippen molar-refractivity contribution in [3.8, 4) is 11.5 Å². The average Bonchev–Trinajstić information content (AvgIpc) is 2.61. The molecule has 3 rings (SSSR count). The molecule has 0 bridgehead atoms. The third-order valence-electron chi connectivity index (χ3n) is 3.41. The van der Waals surface area contributed by atoms with Crippen LogP contribution >= 0.6 is 0 Å². The van der Waals surface area contributed by atoms with Gasteiger partial charge in [0.1, 0.15) is 12.1 Å². The van der Waals surface area contributed by atoms with Gasteiger partial charge in [-0.25, -0.2) is 9.97 Å². The van der Waals surface area contributed by atoms with Gasteiger partial charge in [-0.2, -0.15) is 0 Å². The number of aromatic nitrogens is 2. The molecule has 0 aliphatic rings. The molecule has 0 saturated carbocycles. The van der Waals surface area contributed by atoms with Crippen LogP contribution in [0.2, 0.25) is 0 Å². The number of hydrogen-bond donors (Lipinski definition) is 1. The first-order chi connectivity index (χ1) is 11.2. The fourth-order valence-electron chi connectivity index (χ4n) is 2.25. The molecule has 0 unspecified atom stereocenters. The molecule has 0 radical (unpaired) electrons. The Kier molecular flexibility index (Phi) is 4.05. The van der Waals surface area contributed by atoms with Crippen molar-refractivity contribution in [3.63, 3.8) is 0 Å². The van der Waals surface area contributed by atoms with Crippen LogP contribution in [-0.2, 0) is 0 Å². The van der Waals surface area contributed by atoms with Crippen LogP contribution in [0, 0.1) is 0 Å². The van der Waals surface area contributed by atoms with Gasteiger partial charge in [-0.3, -0.25) is 4.79 Å². The van der Waals surface area contributed by atoms with Crippen molar-refractivity contribution in [3.05, 3.63) is 54.4 Å². The summed E-state index contributed by atoms with van der Waals surface area (Å²) in [6.07, 6.45) is 1.40. The molecule has 2 aromatic carbocycles. The van der Waals surface area contributed by atoms with E-state index < -0.39 is 0 Å². The summed E-state index contributed by atoms with van der Waals surface area (Å²) in [4.78, 5) is 20.7. The Balaban J connectivity index is 2.02. The highest BCUT2D eigenvalue weighted by Crippen LogP contribution is 2.33. The zero-order valence-corrected chi connectivity index (χ0v) is 12.7. The summed E-state index contributed by atoms with van der Waals surface area (Å²) >= 11 is 0. The highest BCUT2D eigenvalue weighted by molar-refractivity contribution is 6.07. The highest BCUT2D eigenvalue weighted by atomic mass is 16.5. The molecule has 1 amide bonds. The lowest BCUT2D eigenvalue weighted by Gasteiger charge is -2.11. The van der Waals surface area contributed by atoms with Crippen LogP contribution in [0.15, 0.2) is 48.8 Å². The van der Waals surface area contributed by atoms with Gasteiger partial charge in [-0.05, 0) is 18.2 Å². The number of amides is 1. The number of carbonyl (C=O) groups excluding carboxylic acids is 1. The zero-order valence-electron chi connectivity index (χ0n) is 12.7. The Morgan fingerprint density at radius 3 is 2.39 bits per heavy atom. The summed E-state index contributed by atoms with van der Waals surface area (Å²) < 4.78 is 10.6. The largest absolute Gasteiger partial charge is 0.493 e. The summed E-state index contributed by atoms with van der Waals surface area (Å²) in [5.41, 5.74) is 1.21. The molecular formula is C17H15N3O3. The predicted octanol–water partition coefficient (Wildman–Crippen LogP) is 2.90. The maximum absolute atomic E-state index is 12.3. The summed E-state index contributed by atoms with van der Waals surface area (Å²) in [6.45, 7) is 0. The topological polar surface area (TPSA) is 73.3 Å². The Labute approximate surface area is 133 Å². The minimum absolute atomic E-state index is 0.236. The molecule has 116 valence electrons. The predicted molar refractivity (Wildman–Crippen MR) is 87.0 cm³/mol. The number of methoxy groups -OCH3 is 2. The van der Waals surface area contributed by atoms with Crippen molar-refractivity contribution in [1.82, 2.24) is 9.97 Å². The van der Waals surface area contributed by atoms with Crippen molar-refractivity contribution in [2.45, 2.75) is 0 Å². The number of rotatable bonds is 4. The fourth-order valence-corrected chi connectivity index (χ4v) is 2.25. The molecule has 0 aliphatic carbocycles. The summed E-state index contributed by atoms with van der Waals surface area (Å²) in [5, 5.41) is 3.48. The average molecular weight is 309 g/mol. The number of ether oxygens (including phenoxy) is 2. The number of nitrogens with one attached hydrogen (secondary N) is 1. The number of benzene rings is 2. The molecule has 0 fully saturated rings. The smallest absolute Gasteiger partial charge is 0.256 e. The van der Waals surface area contributed by atoms with Gasteiger partial charge in [-0.1, -0.05) is 18.2 Å². The lowest BCUT2D eigenvalue weighted by atomic mass is 10.2. The summed E-state index contributed by atoms with van der Waals surface area (Å²) in [7, 11) is 3.11. The van der Waals surface area contributed by atoms with Crippen LogP contribution in [0.4, 0.5) is 5.82 Å². The summed E-state index contributed by atoms with van der Waals surface area (Å²) in [5.74, 6) is 1.30. The molecule has 1 heterocycles. The second-order valence-corrected chi connectivity index (χ2v) is 4.77. The Hall–Kier alpha value is -3.15. The van der Waals surface area contributed by atoms with Gasteiger partial charge in [0.15, 0.2) is 11.5 Å². The maximum Gasteiger partial charge on any atom is 0.256 e. The molecule has 6 nitrogen and oxygen atoms in total. The van der Waals surface area contributed by atoms with E-state index in [1.807, 2.05) is 6.07 Å². The van der Waals surface area contributed by atoms with E-state index in [0.29, 0.717) is 33.8 Å². The number of nitrogens with zero attached hydrogens (tertiary/aromatic N) is 2. The molecule has 6 heteroatoms. The standard InChI is InChI=1S/C17H15N3O3/c1-22-14-8-12-13(9-15(14)23-2)18-10-19-16(12)20-17(21)11-6-4-3-5-7-11/h3-10H,1-2H3,(H,18,19,20,21). The van der Waals surface area contributed by atoms with Gasteiger partial charge in [0.05, 0.1) is 19.7 Å². The third kappa shape index (κ3) is 2.91. The van der Waals surface area contributed by atoms with Crippen LogP contribution in [0.25, 0.3) is 10.9 Å². The van der Waals surface area contributed by atoms with Gasteiger partial charge in [0.25, 0.3) is 5.91 Å². The van der Waals surface area contributed by atoms with E-state index in [1.165, 1.54) is 6.33 Å². The van der Waals surface area contributed by atoms with Crippen LogP contribution in [-0.4, -0.2) is 30.1 Å². The van der Waals surface area contributed by atoms with Crippen LogP contribution in [0.3, 0.4) is 0 Å². The van der Waals surface area contributed by atoms with Gasteiger partial charge < -0.3 is 14.8 Å². The summed E-state index contributed by atoms with van der Waals surface area (Å²) in [6, 6.07) is 12.4. The van der Waals surface area contributed by atoms with Gasteiger partial charge in [0, 0.05) is 17.0 Å². The minimum Gasteiger partial charge on any atom is -0.493 e. The Morgan fingerprint density at radius 2 is 1.70 bits per heavy atom. The van der Waals surface area contributed by atoms with E-state index >= 15 is 0 Å². The van der Waals surface area contributed by atoms with E-state index in [-0.39, 0.29) is 5.91 Å². The second kappa shape index (κ2) is 6.31. The van der Waals surface area contributed by atoms with E-state index in [1.54, 1.807) is 50.6 Å². The zero-order chi connectivity index (χ0) is 16.2. The van der Waals surface area contributed by atoms with E-state index in [4.69, 9.17) is 9.47 Å². The maximum atomic E-state index is 12.3. The van der Waals surface area contributed by atoms with Crippen LogP contribution in [0.1, 0.15) is 10.4 Å². The molecule has 23 heavy (non-hydrogen) atoms. The number of hydrogen-bond acceptors (Lipinski definition) is 5. The Morgan fingerprint density at radius 1 is 1.00 bits per heavy atom. The number of fused-ring (bicyclic) bond motifs is 1. The SMILES string of the molecule is COc1cc2ncnc(NC(=O)c3ccccc3)c2cc1OC. The highest BCUT2D eigenvalue weighted by Gasteiger charge is 2.13. The van der Waals surface area contributed by atoms with Crippen LogP contribution in [0.5, 0.6) is 11.5 Å². The van der Waals surface area contributed by atoms with Gasteiger partial charge in [0.2, 0.25) is 0 Å². The molecule has 0 saturated heterocycles. The van der Waals surface area contributed by atoms with E-state index in [2.05, 4.69) is 15.3 Å². The molecule has 0 aliphatic heterocycles. The molecule has 1 aromatic heterocycles. The molecular weight excluding hydrogens is 294 g/mol. The first kappa shape index (κ1) is 14.8. The van der Waals surface area contributed by atoms with E-state index in [9.17, 15) is 4.79 Å². The third-order valence-corrected chi connectivity index (χ3v) is 3.41. The van der Waals surface area contributed by atoms with Crippen molar-refractivity contribution in [1.29, 1.82) is 0 Å². The number of carbonyl (C=O) groups is 1. The quantitative estimate of drug-likeness (QED) is 0.802. The van der Waals surface area contributed by atoms with Gasteiger partial charge in [-0.15, -0.1) is 0 Å². The van der Waals surface area contributed by atoms with Gasteiger partial charge >= 0.3 is 0 Å². The van der Waals surface area contributed by atoms with Crippen molar-refractivity contribution in [2.75, 3.05) is 19.5 Å². The first-order valence-corrected chi connectivity index (χ1v) is 6.96. The minimum atomic E-state index is -0.236. The van der Waals surface area contributed by atoms with Crippen molar-refractivity contribution >= 4 is 22.6 Å². The number of anilines is 1. The lowest BCUT2D eigenvalue weighted by Crippen LogP contribution is -2.13. The molecule has 1 N–H and O–H groups in total. The van der Waals surface area contributed by atoms with Crippen molar-refractivity contribution < 1.29 is 14.3 Å². The normalized spacial score (nSPS) is 10.3. The fraction of sp³-hybridized carbons (Fsp3) is 0.118. The first-order valence-electron chi connectivity index (χ1n) is 6.96. The molecule has 3 aromatic rings.